The molecule has 0 unspecified atom stereocenters. The van der Waals surface area contributed by atoms with Crippen molar-refractivity contribution in [2.24, 2.45) is 5.92 Å². The molecule has 12 heteroatoms. The summed E-state index contributed by atoms with van der Waals surface area (Å²) in [5.41, 5.74) is 0.826. The first-order valence-electron chi connectivity index (χ1n) is 12.4. The molecule has 3 fully saturated rings. The van der Waals surface area contributed by atoms with E-state index in [1.807, 2.05) is 24.3 Å². The zero-order valence-corrected chi connectivity index (χ0v) is 21.6. The fourth-order valence-corrected chi connectivity index (χ4v) is 7.53. The highest BCUT2D eigenvalue weighted by Crippen LogP contribution is 2.57. The maximum atomic E-state index is 14.2. The van der Waals surface area contributed by atoms with E-state index in [-0.39, 0.29) is 24.3 Å². The average molecular weight is 522 g/mol. The first-order chi connectivity index (χ1) is 17.2. The molecule has 2 bridgehead atoms. The fraction of sp³-hybridized carbons (Fsp3) is 0.625. The number of nitrogens with one attached hydrogen (secondary N) is 1. The second kappa shape index (κ2) is 10.4. The number of rotatable bonds is 2. The molecule has 11 nitrogen and oxygen atoms in total. The van der Waals surface area contributed by atoms with Crippen molar-refractivity contribution in [1.82, 2.24) is 18.8 Å². The zero-order chi connectivity index (χ0) is 26.1. The number of benzene rings is 1. The number of nitrogens with zero attached hydrogens (tertiary/aromatic N) is 4. The standard InChI is InChI=1S/C23H33N5O4S.CH2O2/c1-25(2)33(31,32)26-12-6-11-24-21(29)19-16-17-8-5-15-28(17)23(19)18-9-3-4-10-20(18)27(22(23)30)14-7-13-26;2-1-3/h3-4,9-10,17,19H,5-8,11-16H2,1-2H3,(H,24,29);1H,(H,2,3)/t17-,19-,23+;/m0./s1. The van der Waals surface area contributed by atoms with Gasteiger partial charge in [-0.3, -0.25) is 19.3 Å². The van der Waals surface area contributed by atoms with Gasteiger partial charge in [0.05, 0.1) is 5.92 Å². The SMILES string of the molecule is CN(C)S(=O)(=O)N1CCCNC(=O)[C@@H]2C[C@@H]3CCCN3[C@@]23C(=O)N(CCC1)c1ccccc13.O=CO. The van der Waals surface area contributed by atoms with Crippen LogP contribution >= 0.6 is 0 Å². The normalized spacial score (nSPS) is 29.1. The van der Waals surface area contributed by atoms with Crippen molar-refractivity contribution in [1.29, 1.82) is 0 Å². The summed E-state index contributed by atoms with van der Waals surface area (Å²) in [4.78, 5) is 40.2. The van der Waals surface area contributed by atoms with Crippen molar-refractivity contribution in [3.8, 4) is 0 Å². The maximum absolute atomic E-state index is 14.2. The highest BCUT2D eigenvalue weighted by atomic mass is 32.2. The minimum absolute atomic E-state index is 0.0329. The zero-order valence-electron chi connectivity index (χ0n) is 20.8. The van der Waals surface area contributed by atoms with Crippen molar-refractivity contribution in [2.45, 2.75) is 43.7 Å². The van der Waals surface area contributed by atoms with Crippen LogP contribution in [-0.4, -0.2) is 98.2 Å². The van der Waals surface area contributed by atoms with E-state index in [0.29, 0.717) is 45.4 Å². The van der Waals surface area contributed by atoms with E-state index in [1.165, 1.54) is 22.7 Å². The van der Waals surface area contributed by atoms with Gasteiger partial charge in [0.15, 0.2) is 0 Å². The molecule has 1 aromatic rings. The third-order valence-corrected chi connectivity index (χ3v) is 9.74. The molecule has 36 heavy (non-hydrogen) atoms. The molecule has 2 amide bonds. The van der Waals surface area contributed by atoms with Crippen molar-refractivity contribution >= 4 is 34.2 Å². The van der Waals surface area contributed by atoms with Crippen LogP contribution in [0.4, 0.5) is 5.69 Å². The molecule has 2 N–H and O–H groups in total. The molecule has 198 valence electrons. The smallest absolute Gasteiger partial charge is 0.290 e. The number of carbonyl (C=O) groups is 3. The number of amides is 2. The Labute approximate surface area is 212 Å². The van der Waals surface area contributed by atoms with E-state index < -0.39 is 21.7 Å². The van der Waals surface area contributed by atoms with Gasteiger partial charge in [-0.05, 0) is 44.7 Å². The highest BCUT2D eigenvalue weighted by Gasteiger charge is 2.67. The third kappa shape index (κ3) is 4.19. The number of hydrogen-bond acceptors (Lipinski definition) is 6. The Balaban J connectivity index is 0.000000967. The number of carboxylic acid groups (broad SMARTS) is 1. The van der Waals surface area contributed by atoms with Crippen molar-refractivity contribution < 1.29 is 27.9 Å². The topological polar surface area (TPSA) is 131 Å². The minimum Gasteiger partial charge on any atom is -0.483 e. The summed E-state index contributed by atoms with van der Waals surface area (Å²) in [6, 6.07) is 8.08. The lowest BCUT2D eigenvalue weighted by molar-refractivity contribution is -0.138. The van der Waals surface area contributed by atoms with Crippen LogP contribution in [-0.2, 0) is 30.1 Å². The number of anilines is 1. The molecule has 3 saturated heterocycles. The van der Waals surface area contributed by atoms with Crippen LogP contribution in [0.5, 0.6) is 0 Å². The molecule has 4 heterocycles. The molecule has 0 aliphatic carbocycles. The summed E-state index contributed by atoms with van der Waals surface area (Å²) in [7, 11) is -0.537. The molecule has 1 aromatic carbocycles. The first kappa shape index (κ1) is 26.5. The van der Waals surface area contributed by atoms with E-state index >= 15 is 0 Å². The second-order valence-corrected chi connectivity index (χ2v) is 12.0. The summed E-state index contributed by atoms with van der Waals surface area (Å²) in [5, 5.41) is 9.93. The van der Waals surface area contributed by atoms with Crippen LogP contribution in [0.1, 0.15) is 37.7 Å². The van der Waals surface area contributed by atoms with Gasteiger partial charge >= 0.3 is 0 Å². The van der Waals surface area contributed by atoms with E-state index in [1.54, 1.807) is 4.90 Å². The summed E-state index contributed by atoms with van der Waals surface area (Å²) < 4.78 is 28.3. The summed E-state index contributed by atoms with van der Waals surface area (Å²) in [5.74, 6) is -0.575. The van der Waals surface area contributed by atoms with Crippen LogP contribution in [0.2, 0.25) is 0 Å². The maximum Gasteiger partial charge on any atom is 0.290 e. The van der Waals surface area contributed by atoms with Gasteiger partial charge < -0.3 is 15.3 Å². The highest BCUT2D eigenvalue weighted by molar-refractivity contribution is 7.86. The van der Waals surface area contributed by atoms with Gasteiger partial charge in [0.1, 0.15) is 5.54 Å². The van der Waals surface area contributed by atoms with Gasteiger partial charge in [-0.15, -0.1) is 0 Å². The average Bonchev–Trinajstić information content (AvgIpc) is 3.49. The Morgan fingerprint density at radius 3 is 2.50 bits per heavy atom. The van der Waals surface area contributed by atoms with Crippen molar-refractivity contribution in [3.05, 3.63) is 29.8 Å². The quantitative estimate of drug-likeness (QED) is 0.540. The lowest BCUT2D eigenvalue weighted by Crippen LogP contribution is -2.56. The number of fused-ring (bicyclic) bond motifs is 4. The second-order valence-electron chi connectivity index (χ2n) is 9.81. The molecule has 0 aromatic heterocycles. The van der Waals surface area contributed by atoms with Gasteiger partial charge in [-0.1, -0.05) is 18.2 Å². The molecule has 4 aliphatic heterocycles. The Hall–Kier alpha value is -2.54. The van der Waals surface area contributed by atoms with Gasteiger partial charge in [-0.2, -0.15) is 17.0 Å². The molecule has 0 saturated carbocycles. The molecule has 5 rings (SSSR count). The van der Waals surface area contributed by atoms with Gasteiger partial charge in [0, 0.05) is 57.6 Å². The lowest BCUT2D eigenvalue weighted by Gasteiger charge is -2.37. The van der Waals surface area contributed by atoms with Gasteiger partial charge in [-0.25, -0.2) is 0 Å². The van der Waals surface area contributed by atoms with Crippen molar-refractivity contribution in [2.75, 3.05) is 51.7 Å². The number of para-hydroxylation sites is 1. The summed E-state index contributed by atoms with van der Waals surface area (Å²) >= 11 is 0. The van der Waals surface area contributed by atoms with Gasteiger partial charge in [0.25, 0.3) is 22.6 Å². The summed E-state index contributed by atoms with van der Waals surface area (Å²) in [6.45, 7) is 2.02. The molecule has 3 atom stereocenters. The van der Waals surface area contributed by atoms with Crippen LogP contribution in [0.3, 0.4) is 0 Å². The Kier molecular flexibility index (Phi) is 7.69. The molecule has 0 radical (unpaired) electrons. The lowest BCUT2D eigenvalue weighted by atomic mass is 9.78. The first-order valence-corrected chi connectivity index (χ1v) is 13.8. The number of carbonyl (C=O) groups excluding carboxylic acids is 2. The molecule has 1 spiro atoms. The van der Waals surface area contributed by atoms with Crippen LogP contribution in [0, 0.1) is 5.92 Å². The minimum atomic E-state index is -3.58. The molecule has 4 aliphatic rings. The van der Waals surface area contributed by atoms with Gasteiger partial charge in [0.2, 0.25) is 5.91 Å². The van der Waals surface area contributed by atoms with E-state index in [9.17, 15) is 18.0 Å². The Bertz CT molecular complexity index is 1110. The van der Waals surface area contributed by atoms with E-state index in [2.05, 4.69) is 10.2 Å². The van der Waals surface area contributed by atoms with Crippen LogP contribution in [0.25, 0.3) is 0 Å². The predicted molar refractivity (Wildman–Crippen MR) is 133 cm³/mol. The summed E-state index contributed by atoms with van der Waals surface area (Å²) in [6.07, 6.45) is 3.78. The van der Waals surface area contributed by atoms with E-state index in [0.717, 1.165) is 30.6 Å². The Morgan fingerprint density at radius 1 is 1.08 bits per heavy atom. The molecular formula is C24H35N5O6S. The van der Waals surface area contributed by atoms with Crippen molar-refractivity contribution in [3.63, 3.8) is 0 Å². The van der Waals surface area contributed by atoms with Crippen LogP contribution in [0.15, 0.2) is 24.3 Å². The largest absolute Gasteiger partial charge is 0.483 e. The third-order valence-electron chi connectivity index (χ3n) is 7.80. The number of hydrogen-bond donors (Lipinski definition) is 2. The molecular weight excluding hydrogens is 486 g/mol. The monoisotopic (exact) mass is 521 g/mol. The predicted octanol–water partition coefficient (Wildman–Crippen LogP) is 0.432. The fourth-order valence-electron chi connectivity index (χ4n) is 6.35. The Morgan fingerprint density at radius 2 is 1.78 bits per heavy atom. The van der Waals surface area contributed by atoms with E-state index in [4.69, 9.17) is 9.90 Å². The van der Waals surface area contributed by atoms with Crippen LogP contribution < -0.4 is 10.2 Å².